The summed E-state index contributed by atoms with van der Waals surface area (Å²) in [5.74, 6) is -1.57. The van der Waals surface area contributed by atoms with Gasteiger partial charge in [0.2, 0.25) is 0 Å². The monoisotopic (exact) mass is 450 g/mol. The van der Waals surface area contributed by atoms with Crippen LogP contribution in [0.25, 0.3) is 0 Å². The molecule has 1 N–H and O–H groups in total. The van der Waals surface area contributed by atoms with E-state index >= 15 is 0 Å². The molecule has 4 fully saturated rings. The van der Waals surface area contributed by atoms with Crippen molar-refractivity contribution in [3.63, 3.8) is 0 Å². The third-order valence-corrected chi connectivity index (χ3v) is 6.73. The van der Waals surface area contributed by atoms with E-state index < -0.39 is 12.1 Å². The normalized spacial score (nSPS) is 30.0. The lowest BCUT2D eigenvalue weighted by molar-refractivity contribution is -0.192. The smallest absolute Gasteiger partial charge is 0.475 e. The van der Waals surface area contributed by atoms with Crippen molar-refractivity contribution in [3.05, 3.63) is 0 Å². The van der Waals surface area contributed by atoms with Crippen molar-refractivity contribution in [2.24, 2.45) is 11.8 Å². The van der Waals surface area contributed by atoms with E-state index in [-0.39, 0.29) is 6.03 Å². The number of likely N-dealkylation sites (N-methyl/N-ethyl adjacent to an activating group) is 1. The highest BCUT2D eigenvalue weighted by Gasteiger charge is 2.43. The third-order valence-electron chi connectivity index (χ3n) is 6.73. The molecule has 0 radical (unpaired) electrons. The van der Waals surface area contributed by atoms with Gasteiger partial charge in [0.15, 0.2) is 0 Å². The summed E-state index contributed by atoms with van der Waals surface area (Å²) in [6.45, 7) is 10.2. The van der Waals surface area contributed by atoms with Gasteiger partial charge in [-0.1, -0.05) is 0 Å². The number of amides is 2. The summed E-state index contributed by atoms with van der Waals surface area (Å²) < 4.78 is 37.9. The van der Waals surface area contributed by atoms with E-state index in [1.807, 2.05) is 4.90 Å². The molecule has 178 valence electrons. The molecule has 0 aromatic carbocycles. The van der Waals surface area contributed by atoms with Crippen molar-refractivity contribution >= 4 is 12.0 Å². The maximum absolute atomic E-state index is 12.7. The molecule has 3 atom stereocenters. The minimum absolute atomic E-state index is 0.274. The molecule has 0 bridgehead atoms. The largest absolute Gasteiger partial charge is 0.490 e. The average molecular weight is 451 g/mol. The van der Waals surface area contributed by atoms with Crippen LogP contribution in [0.1, 0.15) is 19.3 Å². The molecule has 0 aromatic heterocycles. The van der Waals surface area contributed by atoms with Crippen molar-refractivity contribution in [3.8, 4) is 0 Å². The first kappa shape index (κ1) is 24.1. The predicted octanol–water partition coefficient (Wildman–Crippen LogP) is 1.42. The second-order valence-electron chi connectivity index (χ2n) is 8.91. The van der Waals surface area contributed by atoms with Crippen LogP contribution in [0.2, 0.25) is 0 Å². The van der Waals surface area contributed by atoms with Gasteiger partial charge in [0.25, 0.3) is 0 Å². The number of nitrogens with zero attached hydrogens (tertiary/aromatic N) is 4. The van der Waals surface area contributed by atoms with Crippen molar-refractivity contribution in [1.29, 1.82) is 0 Å². The molecule has 4 aliphatic heterocycles. The summed E-state index contributed by atoms with van der Waals surface area (Å²) in [6.07, 6.45) is -1.32. The van der Waals surface area contributed by atoms with Crippen LogP contribution >= 0.6 is 0 Å². The summed E-state index contributed by atoms with van der Waals surface area (Å²) in [7, 11) is 2.20. The van der Waals surface area contributed by atoms with Gasteiger partial charge in [0.1, 0.15) is 0 Å². The summed E-state index contributed by atoms with van der Waals surface area (Å²) in [4.78, 5) is 30.7. The van der Waals surface area contributed by atoms with E-state index in [0.29, 0.717) is 17.9 Å². The first-order valence-electron chi connectivity index (χ1n) is 11.0. The van der Waals surface area contributed by atoms with Gasteiger partial charge < -0.3 is 24.5 Å². The number of carbonyl (C=O) groups excluding carboxylic acids is 1. The van der Waals surface area contributed by atoms with Gasteiger partial charge in [0, 0.05) is 64.8 Å². The molecule has 8 nitrogen and oxygen atoms in total. The molecule has 0 saturated carbocycles. The Morgan fingerprint density at radius 1 is 1.00 bits per heavy atom. The number of fused-ring (bicyclic) bond motifs is 1. The molecule has 4 rings (SSSR count). The quantitative estimate of drug-likeness (QED) is 0.686. The Kier molecular flexibility index (Phi) is 8.03. The minimum Gasteiger partial charge on any atom is -0.475 e. The fraction of sp³-hybridized carbons (Fsp3) is 0.900. The number of carbonyl (C=O) groups is 2. The summed E-state index contributed by atoms with van der Waals surface area (Å²) in [5.41, 5.74) is 0. The van der Waals surface area contributed by atoms with Crippen LogP contribution in [-0.2, 0) is 9.53 Å². The summed E-state index contributed by atoms with van der Waals surface area (Å²) in [5, 5.41) is 7.12. The van der Waals surface area contributed by atoms with Gasteiger partial charge in [-0.05, 0) is 32.2 Å². The van der Waals surface area contributed by atoms with Crippen molar-refractivity contribution in [2.75, 3.05) is 72.6 Å². The Morgan fingerprint density at radius 3 is 2.19 bits per heavy atom. The zero-order chi connectivity index (χ0) is 22.6. The molecule has 11 heteroatoms. The number of likely N-dealkylation sites (tertiary alicyclic amines) is 2. The molecule has 0 aliphatic carbocycles. The highest BCUT2D eigenvalue weighted by Crippen LogP contribution is 2.35. The molecular weight excluding hydrogens is 417 g/mol. The number of carboxylic acids is 1. The zero-order valence-corrected chi connectivity index (χ0v) is 18.0. The molecule has 4 saturated heterocycles. The number of rotatable bonds is 2. The second-order valence-corrected chi connectivity index (χ2v) is 8.91. The van der Waals surface area contributed by atoms with Gasteiger partial charge >= 0.3 is 18.2 Å². The number of aliphatic carboxylic acids is 1. The maximum atomic E-state index is 12.7. The number of halogens is 3. The molecular formula is C20H33F3N4O4. The zero-order valence-electron chi connectivity index (χ0n) is 18.0. The third kappa shape index (κ3) is 6.45. The van der Waals surface area contributed by atoms with Crippen molar-refractivity contribution in [1.82, 2.24) is 19.6 Å². The van der Waals surface area contributed by atoms with Crippen molar-refractivity contribution < 1.29 is 32.6 Å². The van der Waals surface area contributed by atoms with E-state index in [1.54, 1.807) is 0 Å². The lowest BCUT2D eigenvalue weighted by Gasteiger charge is -2.39. The molecule has 4 heterocycles. The number of hydrogen-bond acceptors (Lipinski definition) is 5. The van der Waals surface area contributed by atoms with Crippen LogP contribution < -0.4 is 0 Å². The molecule has 0 spiro atoms. The van der Waals surface area contributed by atoms with Crippen molar-refractivity contribution in [2.45, 2.75) is 31.5 Å². The number of piperidine rings is 1. The van der Waals surface area contributed by atoms with Gasteiger partial charge in [0.05, 0.1) is 12.7 Å². The number of piperazine rings is 1. The second kappa shape index (κ2) is 10.4. The highest BCUT2D eigenvalue weighted by atomic mass is 19.4. The SMILES string of the molecule is CN1CCN(C[C@H]2OC[C@@H]3CCN(C(=O)N4CCCC4)C[C@@H]32)CC1.O=C(O)C(F)(F)F. The van der Waals surface area contributed by atoms with Crippen LogP contribution in [0.5, 0.6) is 0 Å². The molecule has 4 aliphatic rings. The van der Waals surface area contributed by atoms with Crippen LogP contribution in [0, 0.1) is 11.8 Å². The van der Waals surface area contributed by atoms with Gasteiger partial charge in [-0.15, -0.1) is 0 Å². The first-order chi connectivity index (χ1) is 14.6. The molecule has 0 aromatic rings. The van der Waals surface area contributed by atoms with Crippen LogP contribution in [0.3, 0.4) is 0 Å². The van der Waals surface area contributed by atoms with E-state index in [9.17, 15) is 18.0 Å². The van der Waals surface area contributed by atoms with E-state index in [4.69, 9.17) is 14.6 Å². The van der Waals surface area contributed by atoms with E-state index in [1.165, 1.54) is 12.8 Å². The predicted molar refractivity (Wildman–Crippen MR) is 107 cm³/mol. The maximum Gasteiger partial charge on any atom is 0.490 e. The van der Waals surface area contributed by atoms with Gasteiger partial charge in [-0.3, -0.25) is 4.90 Å². The topological polar surface area (TPSA) is 76.6 Å². The van der Waals surface area contributed by atoms with Crippen LogP contribution in [0.15, 0.2) is 0 Å². The van der Waals surface area contributed by atoms with Gasteiger partial charge in [-0.25, -0.2) is 9.59 Å². The van der Waals surface area contributed by atoms with Gasteiger partial charge in [-0.2, -0.15) is 13.2 Å². The van der Waals surface area contributed by atoms with E-state index in [2.05, 4.69) is 21.7 Å². The highest BCUT2D eigenvalue weighted by molar-refractivity contribution is 5.75. The Bertz CT molecular complexity index is 622. The number of hydrogen-bond donors (Lipinski definition) is 1. The number of urea groups is 1. The standard InChI is InChI=1S/C18H32N4O2.C2HF3O2/c1-19-8-10-20(11-9-19)13-17-16-12-22(7-4-15(16)14-24-17)18(23)21-5-2-3-6-21;3-2(4,5)1(6)7/h15-17H,2-14H2,1H3;(H,6,7)/t15-,16-,17+;/m0./s1. The van der Waals surface area contributed by atoms with Crippen LogP contribution in [0.4, 0.5) is 18.0 Å². The van der Waals surface area contributed by atoms with E-state index in [0.717, 1.165) is 71.9 Å². The molecule has 2 amide bonds. The average Bonchev–Trinajstić information content (AvgIpc) is 3.39. The fourth-order valence-electron chi connectivity index (χ4n) is 4.78. The lowest BCUT2D eigenvalue weighted by atomic mass is 9.84. The summed E-state index contributed by atoms with van der Waals surface area (Å²) >= 11 is 0. The first-order valence-corrected chi connectivity index (χ1v) is 11.0. The lowest BCUT2D eigenvalue weighted by Crippen LogP contribution is -2.52. The fourth-order valence-corrected chi connectivity index (χ4v) is 4.78. The minimum atomic E-state index is -5.08. The molecule has 0 unspecified atom stereocenters. The Morgan fingerprint density at radius 2 is 1.61 bits per heavy atom. The number of ether oxygens (including phenoxy) is 1. The molecule has 31 heavy (non-hydrogen) atoms. The number of carboxylic acid groups (broad SMARTS) is 1. The summed E-state index contributed by atoms with van der Waals surface area (Å²) in [6, 6.07) is 0.274. The Labute approximate surface area is 180 Å². The number of alkyl halides is 3. The van der Waals surface area contributed by atoms with Crippen LogP contribution in [-0.4, -0.2) is 122 Å². The Balaban J connectivity index is 0.000000339. The Hall–Kier alpha value is -1.59.